The highest BCUT2D eigenvalue weighted by Gasteiger charge is 2.09. The Morgan fingerprint density at radius 2 is 2.15 bits per heavy atom. The fourth-order valence-electron chi connectivity index (χ4n) is 1.74. The lowest BCUT2D eigenvalue weighted by Gasteiger charge is -2.11. The maximum absolute atomic E-state index is 13.3. The molecule has 1 aromatic carbocycles. The largest absolute Gasteiger partial charge is 0.439 e. The van der Waals surface area contributed by atoms with Crippen LogP contribution in [0, 0.1) is 12.7 Å². The molecule has 1 N–H and O–H groups in total. The third-order valence-electron chi connectivity index (χ3n) is 2.80. The summed E-state index contributed by atoms with van der Waals surface area (Å²) in [5.74, 6) is 0.744. The number of nitrogens with one attached hydrogen (secondary N) is 1. The standard InChI is InChI=1S/C15H16BrFN2O/c1-3-18-8-11-7-12(17)9-19-15(11)20-13-4-5-14(16)10(2)6-13/h4-7,9,18H,3,8H2,1-2H3. The Balaban J connectivity index is 2.25. The number of hydrogen-bond acceptors (Lipinski definition) is 3. The van der Waals surface area contributed by atoms with E-state index in [0.29, 0.717) is 23.7 Å². The summed E-state index contributed by atoms with van der Waals surface area (Å²) in [6, 6.07) is 7.11. The first-order valence-corrected chi connectivity index (χ1v) is 7.18. The smallest absolute Gasteiger partial charge is 0.223 e. The van der Waals surface area contributed by atoms with Crippen molar-refractivity contribution in [3.8, 4) is 11.6 Å². The Morgan fingerprint density at radius 3 is 2.85 bits per heavy atom. The van der Waals surface area contributed by atoms with Gasteiger partial charge >= 0.3 is 0 Å². The van der Waals surface area contributed by atoms with Crippen LogP contribution in [0.5, 0.6) is 11.6 Å². The number of halogens is 2. The SMILES string of the molecule is CCNCc1cc(F)cnc1Oc1ccc(Br)c(C)c1. The summed E-state index contributed by atoms with van der Waals surface area (Å²) in [6.45, 7) is 5.29. The highest BCUT2D eigenvalue weighted by Crippen LogP contribution is 2.27. The Bertz CT molecular complexity index is 604. The molecule has 0 aliphatic heterocycles. The van der Waals surface area contributed by atoms with Gasteiger partial charge < -0.3 is 10.1 Å². The molecule has 106 valence electrons. The molecule has 0 saturated heterocycles. The van der Waals surface area contributed by atoms with Crippen LogP contribution in [-0.4, -0.2) is 11.5 Å². The molecule has 0 spiro atoms. The van der Waals surface area contributed by atoms with Gasteiger partial charge in [0.2, 0.25) is 5.88 Å². The lowest BCUT2D eigenvalue weighted by molar-refractivity contribution is 0.448. The van der Waals surface area contributed by atoms with Crippen molar-refractivity contribution in [1.82, 2.24) is 10.3 Å². The predicted molar refractivity (Wildman–Crippen MR) is 80.5 cm³/mol. The molecule has 2 rings (SSSR count). The van der Waals surface area contributed by atoms with Gasteiger partial charge in [-0.2, -0.15) is 0 Å². The summed E-state index contributed by atoms with van der Waals surface area (Å²) >= 11 is 3.44. The molecule has 0 radical (unpaired) electrons. The Morgan fingerprint density at radius 1 is 1.35 bits per heavy atom. The maximum Gasteiger partial charge on any atom is 0.223 e. The number of benzene rings is 1. The molecule has 0 aliphatic carbocycles. The number of rotatable bonds is 5. The molecule has 0 aliphatic rings. The molecule has 1 aromatic heterocycles. The second-order valence-corrected chi connectivity index (χ2v) is 5.27. The summed E-state index contributed by atoms with van der Waals surface area (Å²) in [6.07, 6.45) is 1.16. The molecular formula is C15H16BrFN2O. The minimum atomic E-state index is -0.364. The van der Waals surface area contributed by atoms with E-state index in [1.807, 2.05) is 32.0 Å². The average molecular weight is 339 g/mol. The minimum Gasteiger partial charge on any atom is -0.439 e. The van der Waals surface area contributed by atoms with E-state index in [0.717, 1.165) is 22.8 Å². The highest BCUT2D eigenvalue weighted by atomic mass is 79.9. The third kappa shape index (κ3) is 3.77. The number of aromatic nitrogens is 1. The predicted octanol–water partition coefficient (Wildman–Crippen LogP) is 4.19. The number of hydrogen-bond donors (Lipinski definition) is 1. The second-order valence-electron chi connectivity index (χ2n) is 4.41. The van der Waals surface area contributed by atoms with Crippen molar-refractivity contribution in [3.63, 3.8) is 0 Å². The Hall–Kier alpha value is -1.46. The van der Waals surface area contributed by atoms with Crippen molar-refractivity contribution in [2.75, 3.05) is 6.54 Å². The lowest BCUT2D eigenvalue weighted by atomic mass is 10.2. The molecule has 5 heteroatoms. The van der Waals surface area contributed by atoms with Crippen LogP contribution in [0.4, 0.5) is 4.39 Å². The first-order chi connectivity index (χ1) is 9.60. The van der Waals surface area contributed by atoms with Gasteiger partial charge in [0.05, 0.1) is 6.20 Å². The second kappa shape index (κ2) is 6.81. The number of pyridine rings is 1. The van der Waals surface area contributed by atoms with Crippen LogP contribution in [0.15, 0.2) is 34.9 Å². The molecular weight excluding hydrogens is 323 g/mol. The Kier molecular flexibility index (Phi) is 5.09. The summed E-state index contributed by atoms with van der Waals surface area (Å²) in [7, 11) is 0. The van der Waals surface area contributed by atoms with Crippen LogP contribution in [-0.2, 0) is 6.54 Å². The summed E-state index contributed by atoms with van der Waals surface area (Å²) in [5.41, 5.74) is 1.77. The molecule has 0 fully saturated rings. The highest BCUT2D eigenvalue weighted by molar-refractivity contribution is 9.10. The van der Waals surface area contributed by atoms with Gasteiger partial charge in [0.25, 0.3) is 0 Å². The normalized spacial score (nSPS) is 10.6. The quantitative estimate of drug-likeness (QED) is 0.887. The zero-order valence-corrected chi connectivity index (χ0v) is 13.0. The molecule has 0 saturated carbocycles. The van der Waals surface area contributed by atoms with Crippen molar-refractivity contribution in [3.05, 3.63) is 51.9 Å². The van der Waals surface area contributed by atoms with E-state index in [4.69, 9.17) is 4.74 Å². The molecule has 0 amide bonds. The lowest BCUT2D eigenvalue weighted by Crippen LogP contribution is -2.13. The molecule has 0 atom stereocenters. The minimum absolute atomic E-state index is 0.364. The van der Waals surface area contributed by atoms with E-state index >= 15 is 0 Å². The van der Waals surface area contributed by atoms with Gasteiger partial charge in [-0.25, -0.2) is 9.37 Å². The summed E-state index contributed by atoms with van der Waals surface area (Å²) in [5, 5.41) is 3.14. The van der Waals surface area contributed by atoms with E-state index in [-0.39, 0.29) is 5.82 Å². The third-order valence-corrected chi connectivity index (χ3v) is 3.69. The van der Waals surface area contributed by atoms with Crippen molar-refractivity contribution >= 4 is 15.9 Å². The maximum atomic E-state index is 13.3. The molecule has 2 aromatic rings. The molecule has 20 heavy (non-hydrogen) atoms. The van der Waals surface area contributed by atoms with Gasteiger partial charge in [0, 0.05) is 16.6 Å². The van der Waals surface area contributed by atoms with E-state index in [9.17, 15) is 4.39 Å². The van der Waals surface area contributed by atoms with Crippen LogP contribution < -0.4 is 10.1 Å². The molecule has 0 unspecified atom stereocenters. The molecule has 1 heterocycles. The zero-order chi connectivity index (χ0) is 14.5. The Labute approximate surface area is 126 Å². The van der Waals surface area contributed by atoms with Crippen molar-refractivity contribution in [2.45, 2.75) is 20.4 Å². The van der Waals surface area contributed by atoms with E-state index in [1.165, 1.54) is 6.07 Å². The van der Waals surface area contributed by atoms with Crippen molar-refractivity contribution in [1.29, 1.82) is 0 Å². The first-order valence-electron chi connectivity index (χ1n) is 6.39. The fraction of sp³-hybridized carbons (Fsp3) is 0.267. The topological polar surface area (TPSA) is 34.2 Å². The summed E-state index contributed by atoms with van der Waals surface area (Å²) < 4.78 is 20.1. The van der Waals surface area contributed by atoms with Gasteiger partial charge in [-0.05, 0) is 43.3 Å². The zero-order valence-electron chi connectivity index (χ0n) is 11.4. The van der Waals surface area contributed by atoms with Gasteiger partial charge in [-0.3, -0.25) is 0 Å². The van der Waals surface area contributed by atoms with E-state index in [1.54, 1.807) is 0 Å². The van der Waals surface area contributed by atoms with Crippen molar-refractivity contribution < 1.29 is 9.13 Å². The van der Waals surface area contributed by atoms with Crippen molar-refractivity contribution in [2.24, 2.45) is 0 Å². The van der Waals surface area contributed by atoms with E-state index < -0.39 is 0 Å². The van der Waals surface area contributed by atoms with Gasteiger partial charge in [-0.15, -0.1) is 0 Å². The van der Waals surface area contributed by atoms with Gasteiger partial charge in [0.1, 0.15) is 11.6 Å². The van der Waals surface area contributed by atoms with Gasteiger partial charge in [-0.1, -0.05) is 22.9 Å². The van der Waals surface area contributed by atoms with Crippen LogP contribution in [0.1, 0.15) is 18.1 Å². The number of nitrogens with zero attached hydrogens (tertiary/aromatic N) is 1. The number of ether oxygens (including phenoxy) is 1. The van der Waals surface area contributed by atoms with Gasteiger partial charge in [0.15, 0.2) is 0 Å². The fourth-order valence-corrected chi connectivity index (χ4v) is 1.99. The molecule has 3 nitrogen and oxygen atoms in total. The monoisotopic (exact) mass is 338 g/mol. The van der Waals surface area contributed by atoms with Crippen LogP contribution in [0.3, 0.4) is 0 Å². The summed E-state index contributed by atoms with van der Waals surface area (Å²) in [4.78, 5) is 4.03. The average Bonchev–Trinajstić information content (AvgIpc) is 2.43. The molecule has 0 bridgehead atoms. The van der Waals surface area contributed by atoms with Crippen LogP contribution in [0.25, 0.3) is 0 Å². The number of aryl methyl sites for hydroxylation is 1. The van der Waals surface area contributed by atoms with Crippen LogP contribution in [0.2, 0.25) is 0 Å². The van der Waals surface area contributed by atoms with Crippen LogP contribution >= 0.6 is 15.9 Å². The van der Waals surface area contributed by atoms with E-state index in [2.05, 4.69) is 26.2 Å². The first kappa shape index (κ1) is 14.9.